The molecule has 0 saturated carbocycles. The molecule has 0 radical (unpaired) electrons. The molecule has 0 fully saturated rings. The number of hydrogen-bond donors (Lipinski definition) is 4. The van der Waals surface area contributed by atoms with E-state index in [1.54, 1.807) is 0 Å². The summed E-state index contributed by atoms with van der Waals surface area (Å²) in [7, 11) is -3.90. The highest BCUT2D eigenvalue weighted by Crippen LogP contribution is 2.24. The molecule has 0 aliphatic carbocycles. The van der Waals surface area contributed by atoms with E-state index in [0.29, 0.717) is 5.69 Å². The highest BCUT2D eigenvalue weighted by Gasteiger charge is 2.21. The Labute approximate surface area is 124 Å². The lowest BCUT2D eigenvalue weighted by Crippen LogP contribution is -2.28. The van der Waals surface area contributed by atoms with Crippen LogP contribution in [0, 0.1) is 0 Å². The molecule has 4 N–H and O–H groups in total. The Morgan fingerprint density at radius 1 is 1.38 bits per heavy atom. The number of sulfonamides is 1. The summed E-state index contributed by atoms with van der Waals surface area (Å²) in [5.41, 5.74) is 0.217. The Bertz CT molecular complexity index is 601. The first-order chi connectivity index (χ1) is 9.81. The fourth-order valence-corrected chi connectivity index (χ4v) is 2.84. The van der Waals surface area contributed by atoms with E-state index >= 15 is 0 Å². The summed E-state index contributed by atoms with van der Waals surface area (Å²) in [6.45, 7) is 3.36. The van der Waals surface area contributed by atoms with E-state index in [2.05, 4.69) is 10.0 Å². The lowest BCUT2D eigenvalue weighted by atomic mass is 10.2. The Morgan fingerprint density at radius 2 is 2.05 bits per heavy atom. The van der Waals surface area contributed by atoms with Crippen molar-refractivity contribution in [3.05, 3.63) is 23.8 Å². The van der Waals surface area contributed by atoms with Gasteiger partial charge >= 0.3 is 5.97 Å². The smallest absolute Gasteiger partial charge is 0.335 e. The second kappa shape index (κ2) is 7.39. The van der Waals surface area contributed by atoms with Crippen LogP contribution in [0.1, 0.15) is 30.6 Å². The third-order valence-corrected chi connectivity index (χ3v) is 4.44. The van der Waals surface area contributed by atoms with Gasteiger partial charge < -0.3 is 15.5 Å². The molecule has 7 nitrogen and oxygen atoms in total. The average Bonchev–Trinajstić information content (AvgIpc) is 2.45. The summed E-state index contributed by atoms with van der Waals surface area (Å²) in [6, 6.07) is 3.92. The first-order valence-corrected chi connectivity index (χ1v) is 8.04. The molecule has 1 rings (SSSR count). The van der Waals surface area contributed by atoms with Crippen molar-refractivity contribution in [1.82, 2.24) is 4.72 Å². The second-order valence-corrected chi connectivity index (χ2v) is 6.33. The summed E-state index contributed by atoms with van der Waals surface area (Å²) in [4.78, 5) is 10.9. The van der Waals surface area contributed by atoms with Crippen LogP contribution in [0.5, 0.6) is 0 Å². The molecule has 1 atom stereocenters. The van der Waals surface area contributed by atoms with Crippen molar-refractivity contribution in [2.45, 2.75) is 31.2 Å². The lowest BCUT2D eigenvalue weighted by molar-refractivity contribution is 0.0696. The molecule has 0 aliphatic heterocycles. The third-order valence-electron chi connectivity index (χ3n) is 2.94. The summed E-state index contributed by atoms with van der Waals surface area (Å²) in [5.74, 6) is -1.20. The van der Waals surface area contributed by atoms with Crippen LogP contribution in [0.4, 0.5) is 5.69 Å². The summed E-state index contributed by atoms with van der Waals surface area (Å²) < 4.78 is 26.6. The predicted octanol–water partition coefficient (Wildman–Crippen LogP) is 0.866. The number of hydrogen-bond acceptors (Lipinski definition) is 5. The fraction of sp³-hybridized carbons (Fsp3) is 0.462. The van der Waals surface area contributed by atoms with Gasteiger partial charge in [0.25, 0.3) is 0 Å². The first kappa shape index (κ1) is 17.4. The highest BCUT2D eigenvalue weighted by atomic mass is 32.2. The molecule has 1 aromatic rings. The molecule has 1 aromatic carbocycles. The van der Waals surface area contributed by atoms with Crippen LogP contribution < -0.4 is 10.0 Å². The van der Waals surface area contributed by atoms with Crippen LogP contribution in [-0.2, 0) is 10.0 Å². The van der Waals surface area contributed by atoms with Crippen molar-refractivity contribution in [1.29, 1.82) is 0 Å². The average molecular weight is 316 g/mol. The van der Waals surface area contributed by atoms with Gasteiger partial charge in [0, 0.05) is 12.6 Å². The van der Waals surface area contributed by atoms with Gasteiger partial charge in [0.1, 0.15) is 4.90 Å². The predicted molar refractivity (Wildman–Crippen MR) is 79.1 cm³/mol. The molecule has 1 unspecified atom stereocenters. The van der Waals surface area contributed by atoms with E-state index in [1.807, 2.05) is 13.8 Å². The van der Waals surface area contributed by atoms with Gasteiger partial charge in [-0.15, -0.1) is 0 Å². The number of aliphatic hydroxyl groups is 1. The molecule has 118 valence electrons. The zero-order valence-electron chi connectivity index (χ0n) is 12.0. The van der Waals surface area contributed by atoms with Crippen LogP contribution >= 0.6 is 0 Å². The molecule has 8 heteroatoms. The number of carbonyl (C=O) groups is 1. The topological polar surface area (TPSA) is 116 Å². The molecule has 0 amide bonds. The Kier molecular flexibility index (Phi) is 6.13. The quantitative estimate of drug-likeness (QED) is 0.565. The molecular formula is C13H20N2O5S. The van der Waals surface area contributed by atoms with E-state index < -0.39 is 16.0 Å². The first-order valence-electron chi connectivity index (χ1n) is 6.56. The van der Waals surface area contributed by atoms with E-state index in [9.17, 15) is 13.2 Å². The van der Waals surface area contributed by atoms with Crippen molar-refractivity contribution in [3.63, 3.8) is 0 Å². The molecule has 0 heterocycles. The van der Waals surface area contributed by atoms with Crippen LogP contribution in [0.25, 0.3) is 0 Å². The van der Waals surface area contributed by atoms with E-state index in [-0.39, 0.29) is 29.7 Å². The molecule has 21 heavy (non-hydrogen) atoms. The van der Waals surface area contributed by atoms with Crippen molar-refractivity contribution >= 4 is 21.7 Å². The summed E-state index contributed by atoms with van der Waals surface area (Å²) in [6.07, 6.45) is 0.782. The third kappa shape index (κ3) is 4.69. The number of carboxylic acid groups (broad SMARTS) is 1. The summed E-state index contributed by atoms with van der Waals surface area (Å²) in [5, 5.41) is 20.8. The minimum atomic E-state index is -3.90. The second-order valence-electron chi connectivity index (χ2n) is 4.59. The number of carboxylic acids is 1. The number of rotatable bonds is 8. The molecular weight excluding hydrogens is 296 g/mol. The minimum Gasteiger partial charge on any atom is -0.478 e. The normalized spacial score (nSPS) is 12.9. The number of anilines is 1. The lowest BCUT2D eigenvalue weighted by Gasteiger charge is -2.17. The molecule has 0 spiro atoms. The molecule has 0 saturated heterocycles. The number of benzene rings is 1. The Morgan fingerprint density at radius 3 is 2.57 bits per heavy atom. The Hall–Kier alpha value is -1.64. The SMILES string of the molecule is CCC(C)Nc1ccc(C(=O)O)cc1S(=O)(=O)NCCO. The van der Waals surface area contributed by atoms with Crippen LogP contribution in [0.15, 0.2) is 23.1 Å². The van der Waals surface area contributed by atoms with Gasteiger partial charge in [0.2, 0.25) is 10.0 Å². The van der Waals surface area contributed by atoms with Gasteiger partial charge in [-0.2, -0.15) is 0 Å². The van der Waals surface area contributed by atoms with Gasteiger partial charge in [-0.25, -0.2) is 17.9 Å². The van der Waals surface area contributed by atoms with Gasteiger partial charge in [-0.05, 0) is 31.5 Å². The van der Waals surface area contributed by atoms with Gasteiger partial charge in [-0.1, -0.05) is 6.92 Å². The highest BCUT2D eigenvalue weighted by molar-refractivity contribution is 7.89. The van der Waals surface area contributed by atoms with Crippen molar-refractivity contribution in [2.75, 3.05) is 18.5 Å². The maximum atomic E-state index is 12.2. The van der Waals surface area contributed by atoms with Crippen molar-refractivity contribution in [2.24, 2.45) is 0 Å². The molecule has 0 aromatic heterocycles. The van der Waals surface area contributed by atoms with Crippen molar-refractivity contribution < 1.29 is 23.4 Å². The Balaban J connectivity index is 3.28. The zero-order chi connectivity index (χ0) is 16.0. The zero-order valence-corrected chi connectivity index (χ0v) is 12.8. The minimum absolute atomic E-state index is 0.0347. The van der Waals surface area contributed by atoms with Gasteiger partial charge in [0.15, 0.2) is 0 Å². The van der Waals surface area contributed by atoms with E-state index in [4.69, 9.17) is 10.2 Å². The van der Waals surface area contributed by atoms with Crippen LogP contribution in [-0.4, -0.2) is 43.8 Å². The van der Waals surface area contributed by atoms with E-state index in [1.165, 1.54) is 12.1 Å². The van der Waals surface area contributed by atoms with Crippen LogP contribution in [0.2, 0.25) is 0 Å². The number of aliphatic hydroxyl groups excluding tert-OH is 1. The maximum Gasteiger partial charge on any atom is 0.335 e. The fourth-order valence-electron chi connectivity index (χ4n) is 1.62. The molecule has 0 aliphatic rings. The van der Waals surface area contributed by atoms with Crippen LogP contribution in [0.3, 0.4) is 0 Å². The maximum absolute atomic E-state index is 12.2. The molecule has 0 bridgehead atoms. The van der Waals surface area contributed by atoms with Crippen molar-refractivity contribution in [3.8, 4) is 0 Å². The monoisotopic (exact) mass is 316 g/mol. The standard InChI is InChI=1S/C13H20N2O5S/c1-3-9(2)15-11-5-4-10(13(17)18)8-12(11)21(19,20)14-6-7-16/h4-5,8-9,14-16H,3,6-7H2,1-2H3,(H,17,18). The summed E-state index contributed by atoms with van der Waals surface area (Å²) >= 11 is 0. The number of nitrogens with one attached hydrogen (secondary N) is 2. The largest absolute Gasteiger partial charge is 0.478 e. The van der Waals surface area contributed by atoms with Gasteiger partial charge in [-0.3, -0.25) is 0 Å². The number of aromatic carboxylic acids is 1. The van der Waals surface area contributed by atoms with Gasteiger partial charge in [0.05, 0.1) is 17.9 Å². The van der Waals surface area contributed by atoms with E-state index in [0.717, 1.165) is 12.5 Å².